The van der Waals surface area contributed by atoms with Crippen molar-refractivity contribution in [3.8, 4) is 5.75 Å². The van der Waals surface area contributed by atoms with Crippen LogP contribution in [0.3, 0.4) is 0 Å². The molecule has 1 unspecified atom stereocenters. The Kier molecular flexibility index (Phi) is 4.23. The van der Waals surface area contributed by atoms with E-state index in [1.54, 1.807) is 23.1 Å². The first kappa shape index (κ1) is 16.4. The van der Waals surface area contributed by atoms with Crippen molar-refractivity contribution in [2.75, 3.05) is 16.8 Å². The Hall–Kier alpha value is -2.48. The number of rotatable bonds is 4. The van der Waals surface area contributed by atoms with Gasteiger partial charge in [-0.3, -0.25) is 14.9 Å². The SMILES string of the molecule is CCc1nnc(NC(=O)C2(C)Oc3ccccc3N(CC)C2=O)s1. The number of likely N-dealkylation sites (N-methyl/N-ethyl adjacent to an activating group) is 1. The number of amides is 2. The van der Waals surface area contributed by atoms with Crippen molar-refractivity contribution in [2.45, 2.75) is 32.8 Å². The van der Waals surface area contributed by atoms with E-state index in [9.17, 15) is 9.59 Å². The fourth-order valence-corrected chi connectivity index (χ4v) is 3.19. The van der Waals surface area contributed by atoms with E-state index in [0.29, 0.717) is 23.1 Å². The highest BCUT2D eigenvalue weighted by atomic mass is 32.1. The van der Waals surface area contributed by atoms with Crippen molar-refractivity contribution in [1.29, 1.82) is 0 Å². The number of carbonyl (C=O) groups excluding carboxylic acids is 2. The average Bonchev–Trinajstić information content (AvgIpc) is 3.03. The second-order valence-electron chi connectivity index (χ2n) is 5.46. The fourth-order valence-electron chi connectivity index (χ4n) is 2.52. The number of aryl methyl sites for hydroxylation is 1. The summed E-state index contributed by atoms with van der Waals surface area (Å²) in [5.74, 6) is -0.455. The van der Waals surface area contributed by atoms with Gasteiger partial charge in [-0.25, -0.2) is 0 Å². The van der Waals surface area contributed by atoms with Crippen molar-refractivity contribution in [2.24, 2.45) is 0 Å². The zero-order valence-corrected chi connectivity index (χ0v) is 14.5. The van der Waals surface area contributed by atoms with Crippen LogP contribution in [0, 0.1) is 0 Å². The number of nitrogens with zero attached hydrogens (tertiary/aromatic N) is 3. The first-order chi connectivity index (χ1) is 11.5. The Labute approximate surface area is 143 Å². The van der Waals surface area contributed by atoms with Gasteiger partial charge in [0.2, 0.25) is 5.13 Å². The molecule has 0 saturated carbocycles. The first-order valence-electron chi connectivity index (χ1n) is 7.73. The van der Waals surface area contributed by atoms with Crippen LogP contribution in [0.25, 0.3) is 0 Å². The van der Waals surface area contributed by atoms with E-state index in [1.807, 2.05) is 19.9 Å². The Balaban J connectivity index is 1.91. The number of benzene rings is 1. The third-order valence-electron chi connectivity index (χ3n) is 3.86. The van der Waals surface area contributed by atoms with Gasteiger partial charge in [0.1, 0.15) is 10.8 Å². The molecule has 2 aromatic rings. The molecular formula is C16H18N4O3S. The average molecular weight is 346 g/mol. The molecule has 0 fully saturated rings. The smallest absolute Gasteiger partial charge is 0.280 e. The van der Waals surface area contributed by atoms with E-state index < -0.39 is 17.4 Å². The van der Waals surface area contributed by atoms with E-state index in [0.717, 1.165) is 11.4 Å². The molecule has 0 aliphatic carbocycles. The van der Waals surface area contributed by atoms with Crippen molar-refractivity contribution in [1.82, 2.24) is 10.2 Å². The summed E-state index contributed by atoms with van der Waals surface area (Å²) in [6.45, 7) is 5.74. The van der Waals surface area contributed by atoms with Crippen LogP contribution >= 0.6 is 11.3 Å². The molecular weight excluding hydrogens is 328 g/mol. The number of carbonyl (C=O) groups is 2. The number of hydrogen-bond donors (Lipinski definition) is 1. The third-order valence-corrected chi connectivity index (χ3v) is 4.85. The van der Waals surface area contributed by atoms with E-state index in [-0.39, 0.29) is 0 Å². The highest BCUT2D eigenvalue weighted by molar-refractivity contribution is 7.15. The Morgan fingerprint density at radius 2 is 2.08 bits per heavy atom. The minimum atomic E-state index is -1.65. The summed E-state index contributed by atoms with van der Waals surface area (Å²) in [7, 11) is 0. The maximum Gasteiger partial charge on any atom is 0.280 e. The summed E-state index contributed by atoms with van der Waals surface area (Å²) < 4.78 is 5.78. The van der Waals surface area contributed by atoms with Crippen molar-refractivity contribution in [3.63, 3.8) is 0 Å². The minimum Gasteiger partial charge on any atom is -0.465 e. The molecule has 3 rings (SSSR count). The van der Waals surface area contributed by atoms with Crippen LogP contribution in [0.1, 0.15) is 25.8 Å². The quantitative estimate of drug-likeness (QED) is 0.858. The number of anilines is 2. The third kappa shape index (κ3) is 2.62. The summed E-state index contributed by atoms with van der Waals surface area (Å²) >= 11 is 1.28. The molecule has 2 heterocycles. The van der Waals surface area contributed by atoms with Gasteiger partial charge in [-0.2, -0.15) is 0 Å². The molecule has 0 radical (unpaired) electrons. The lowest BCUT2D eigenvalue weighted by Gasteiger charge is -2.38. The number of hydrogen-bond acceptors (Lipinski definition) is 6. The summed E-state index contributed by atoms with van der Waals surface area (Å²) in [6.07, 6.45) is 0.733. The Morgan fingerprint density at radius 1 is 1.33 bits per heavy atom. The molecule has 1 N–H and O–H groups in total. The van der Waals surface area contributed by atoms with Crippen molar-refractivity contribution >= 4 is 34.0 Å². The monoisotopic (exact) mass is 346 g/mol. The zero-order valence-electron chi connectivity index (χ0n) is 13.7. The largest absolute Gasteiger partial charge is 0.465 e. The molecule has 126 valence electrons. The van der Waals surface area contributed by atoms with Crippen molar-refractivity contribution < 1.29 is 14.3 Å². The fraction of sp³-hybridized carbons (Fsp3) is 0.375. The van der Waals surface area contributed by atoms with Gasteiger partial charge in [0.15, 0.2) is 0 Å². The zero-order chi connectivity index (χ0) is 17.3. The van der Waals surface area contributed by atoms with Crippen LogP contribution < -0.4 is 15.0 Å². The van der Waals surface area contributed by atoms with E-state index in [2.05, 4.69) is 15.5 Å². The molecule has 2 amide bonds. The first-order valence-corrected chi connectivity index (χ1v) is 8.55. The maximum atomic E-state index is 12.8. The Bertz CT molecular complexity index is 791. The predicted octanol–water partition coefficient (Wildman–Crippen LogP) is 2.24. The van der Waals surface area contributed by atoms with Gasteiger partial charge in [0, 0.05) is 6.54 Å². The molecule has 7 nitrogen and oxygen atoms in total. The van der Waals surface area contributed by atoms with Crippen LogP contribution in [0.15, 0.2) is 24.3 Å². The summed E-state index contributed by atoms with van der Waals surface area (Å²) in [6, 6.07) is 7.18. The van der Waals surface area contributed by atoms with Gasteiger partial charge in [-0.05, 0) is 32.4 Å². The molecule has 0 saturated heterocycles. The number of aromatic nitrogens is 2. The molecule has 24 heavy (non-hydrogen) atoms. The van der Waals surface area contributed by atoms with Gasteiger partial charge in [0.25, 0.3) is 17.4 Å². The molecule has 1 atom stereocenters. The van der Waals surface area contributed by atoms with Gasteiger partial charge in [-0.15, -0.1) is 10.2 Å². The van der Waals surface area contributed by atoms with Crippen LogP contribution in [0.4, 0.5) is 10.8 Å². The van der Waals surface area contributed by atoms with Crippen LogP contribution in [0.5, 0.6) is 5.75 Å². The van der Waals surface area contributed by atoms with Gasteiger partial charge in [0.05, 0.1) is 5.69 Å². The summed E-state index contributed by atoms with van der Waals surface area (Å²) in [5, 5.41) is 11.7. The highest BCUT2D eigenvalue weighted by Crippen LogP contribution is 2.38. The lowest BCUT2D eigenvalue weighted by molar-refractivity contribution is -0.145. The van der Waals surface area contributed by atoms with Crippen LogP contribution in [0.2, 0.25) is 0 Å². The molecule has 1 aromatic carbocycles. The van der Waals surface area contributed by atoms with Gasteiger partial charge < -0.3 is 9.64 Å². The van der Waals surface area contributed by atoms with Gasteiger partial charge in [-0.1, -0.05) is 30.4 Å². The van der Waals surface area contributed by atoms with Crippen LogP contribution in [-0.4, -0.2) is 34.2 Å². The molecule has 1 aromatic heterocycles. The lowest BCUT2D eigenvalue weighted by atomic mass is 10.00. The summed E-state index contributed by atoms with van der Waals surface area (Å²) in [5.41, 5.74) is -0.984. The van der Waals surface area contributed by atoms with E-state index in [4.69, 9.17) is 4.74 Å². The second kappa shape index (κ2) is 6.20. The molecule has 0 bridgehead atoms. The van der Waals surface area contributed by atoms with Crippen molar-refractivity contribution in [3.05, 3.63) is 29.3 Å². The summed E-state index contributed by atoms with van der Waals surface area (Å²) in [4.78, 5) is 27.1. The molecule has 1 aliphatic rings. The predicted molar refractivity (Wildman–Crippen MR) is 91.4 cm³/mol. The highest BCUT2D eigenvalue weighted by Gasteiger charge is 2.50. The standard InChI is InChI=1S/C16H18N4O3S/c1-4-12-18-19-15(24-12)17-13(21)16(3)14(22)20(5-2)10-8-6-7-9-11(10)23-16/h6-9H,4-5H2,1-3H3,(H,17,19,21). The van der Waals surface area contributed by atoms with Gasteiger partial charge >= 0.3 is 0 Å². The molecule has 0 spiro atoms. The normalized spacial score (nSPS) is 19.6. The van der Waals surface area contributed by atoms with E-state index >= 15 is 0 Å². The topological polar surface area (TPSA) is 84.4 Å². The van der Waals surface area contributed by atoms with Crippen LogP contribution in [-0.2, 0) is 16.0 Å². The number of fused-ring (bicyclic) bond motifs is 1. The molecule has 8 heteroatoms. The second-order valence-corrected chi connectivity index (χ2v) is 6.52. The molecule has 1 aliphatic heterocycles. The minimum absolute atomic E-state index is 0.358. The number of nitrogens with one attached hydrogen (secondary N) is 1. The Morgan fingerprint density at radius 3 is 2.75 bits per heavy atom. The number of para-hydroxylation sites is 2. The maximum absolute atomic E-state index is 12.8. The number of ether oxygens (including phenoxy) is 1. The van der Waals surface area contributed by atoms with E-state index in [1.165, 1.54) is 18.3 Å². The lowest BCUT2D eigenvalue weighted by Crippen LogP contribution is -2.60.